The number of nitrogens with two attached hydrogens (primary N) is 1. The van der Waals surface area contributed by atoms with Crippen LogP contribution in [0.3, 0.4) is 0 Å². The molecular formula is C26H29Cl2N4O3. The van der Waals surface area contributed by atoms with Crippen LogP contribution in [0.5, 0.6) is 0 Å². The van der Waals surface area contributed by atoms with Gasteiger partial charge in [-0.1, -0.05) is 73.3 Å². The molecular weight excluding hydrogens is 487 g/mol. The monoisotopic (exact) mass is 515 g/mol. The summed E-state index contributed by atoms with van der Waals surface area (Å²) in [6.45, 7) is 1.99. The van der Waals surface area contributed by atoms with Gasteiger partial charge in [0.15, 0.2) is 0 Å². The number of halogens is 2. The minimum absolute atomic E-state index is 0.128. The van der Waals surface area contributed by atoms with Crippen LogP contribution < -0.4 is 16.4 Å². The van der Waals surface area contributed by atoms with Crippen molar-refractivity contribution in [3.63, 3.8) is 0 Å². The van der Waals surface area contributed by atoms with Gasteiger partial charge in [0, 0.05) is 23.5 Å². The first-order valence-corrected chi connectivity index (χ1v) is 12.3. The topological polar surface area (TPSA) is 117 Å². The highest BCUT2D eigenvalue weighted by atomic mass is 35.5. The number of hydrogen-bond donors (Lipinski definition) is 4. The Morgan fingerprint density at radius 3 is 2.54 bits per heavy atom. The molecule has 0 unspecified atom stereocenters. The molecule has 0 bridgehead atoms. The van der Waals surface area contributed by atoms with Crippen LogP contribution >= 0.6 is 23.2 Å². The number of unbranched alkanes of at least 4 members (excludes halogenated alkanes) is 1. The summed E-state index contributed by atoms with van der Waals surface area (Å²) in [4.78, 5) is 40.6. The fourth-order valence-electron chi connectivity index (χ4n) is 3.91. The van der Waals surface area contributed by atoms with E-state index in [9.17, 15) is 14.4 Å². The van der Waals surface area contributed by atoms with Gasteiger partial charge in [0.1, 0.15) is 6.04 Å². The molecule has 1 radical (unpaired) electrons. The van der Waals surface area contributed by atoms with Crippen LogP contribution in [-0.4, -0.2) is 41.2 Å². The first-order valence-electron chi connectivity index (χ1n) is 11.6. The largest absolute Gasteiger partial charge is 0.361 e. The zero-order valence-electron chi connectivity index (χ0n) is 19.4. The van der Waals surface area contributed by atoms with E-state index in [0.29, 0.717) is 34.9 Å². The lowest BCUT2D eigenvalue weighted by Gasteiger charge is -2.22. The highest BCUT2D eigenvalue weighted by molar-refractivity contribution is 6.42. The lowest BCUT2D eigenvalue weighted by molar-refractivity contribution is -0.130. The zero-order chi connectivity index (χ0) is 25.4. The summed E-state index contributed by atoms with van der Waals surface area (Å²) >= 11 is 12.3. The van der Waals surface area contributed by atoms with E-state index in [2.05, 4.69) is 15.6 Å². The number of rotatable bonds is 12. The number of amides is 2. The maximum atomic E-state index is 13.0. The van der Waals surface area contributed by atoms with Gasteiger partial charge in [-0.05, 0) is 36.1 Å². The van der Waals surface area contributed by atoms with Crippen LogP contribution in [0.2, 0.25) is 10.0 Å². The number of para-hydroxylation sites is 1. The maximum absolute atomic E-state index is 13.0. The molecule has 2 amide bonds. The van der Waals surface area contributed by atoms with Crippen LogP contribution in [0.25, 0.3) is 10.9 Å². The number of benzene rings is 2. The van der Waals surface area contributed by atoms with Crippen molar-refractivity contribution >= 4 is 52.2 Å². The summed E-state index contributed by atoms with van der Waals surface area (Å²) in [7, 11) is 0. The summed E-state index contributed by atoms with van der Waals surface area (Å²) in [5, 5.41) is 7.10. The van der Waals surface area contributed by atoms with Gasteiger partial charge in [0.05, 0.1) is 22.1 Å². The van der Waals surface area contributed by atoms with Crippen LogP contribution in [0.1, 0.15) is 37.3 Å². The molecule has 3 atom stereocenters. The summed E-state index contributed by atoms with van der Waals surface area (Å²) in [5.41, 5.74) is 8.69. The summed E-state index contributed by atoms with van der Waals surface area (Å²) < 4.78 is 0. The normalized spacial score (nSPS) is 13.7. The van der Waals surface area contributed by atoms with Crippen molar-refractivity contribution in [1.29, 1.82) is 0 Å². The van der Waals surface area contributed by atoms with Crippen LogP contribution in [-0.2, 0) is 27.2 Å². The molecule has 0 aliphatic rings. The third-order valence-corrected chi connectivity index (χ3v) is 6.70. The Bertz CT molecular complexity index is 1180. The van der Waals surface area contributed by atoms with Gasteiger partial charge in [0.25, 0.3) is 0 Å². The van der Waals surface area contributed by atoms with E-state index in [0.717, 1.165) is 22.9 Å². The van der Waals surface area contributed by atoms with Gasteiger partial charge in [-0.3, -0.25) is 14.4 Å². The predicted octanol–water partition coefficient (Wildman–Crippen LogP) is 3.86. The molecule has 3 aromatic rings. The summed E-state index contributed by atoms with van der Waals surface area (Å²) in [6.07, 6.45) is 6.08. The molecule has 5 N–H and O–H groups in total. The van der Waals surface area contributed by atoms with Gasteiger partial charge in [0.2, 0.25) is 18.1 Å². The number of nitrogens with one attached hydrogen (secondary N) is 3. The van der Waals surface area contributed by atoms with E-state index >= 15 is 0 Å². The number of carbonyl (C=O) groups excluding carboxylic acids is 3. The molecule has 0 spiro atoms. The number of hydrogen-bond acceptors (Lipinski definition) is 4. The third-order valence-electron chi connectivity index (χ3n) is 5.85. The summed E-state index contributed by atoms with van der Waals surface area (Å²) in [6, 6.07) is 10.2. The van der Waals surface area contributed by atoms with Gasteiger partial charge in [-0.15, -0.1) is 0 Å². The molecule has 185 valence electrons. The van der Waals surface area contributed by atoms with Crippen molar-refractivity contribution in [2.24, 2.45) is 5.73 Å². The highest BCUT2D eigenvalue weighted by Gasteiger charge is 2.26. The van der Waals surface area contributed by atoms with Crippen molar-refractivity contribution in [2.75, 3.05) is 0 Å². The fourth-order valence-corrected chi connectivity index (χ4v) is 4.30. The molecule has 0 fully saturated rings. The molecule has 1 heterocycles. The first-order chi connectivity index (χ1) is 16.8. The van der Waals surface area contributed by atoms with Gasteiger partial charge in [-0.2, -0.15) is 0 Å². The Balaban J connectivity index is 1.65. The predicted molar refractivity (Wildman–Crippen MR) is 139 cm³/mol. The number of aromatic nitrogens is 1. The average Bonchev–Trinajstić information content (AvgIpc) is 3.26. The number of fused-ring (bicyclic) bond motifs is 1. The molecule has 7 nitrogen and oxygen atoms in total. The minimum atomic E-state index is -0.945. The maximum Gasteiger partial charge on any atom is 0.243 e. The molecule has 3 rings (SSSR count). The molecule has 35 heavy (non-hydrogen) atoms. The van der Waals surface area contributed by atoms with E-state index in [1.807, 2.05) is 43.7 Å². The average molecular weight is 516 g/mol. The Labute approximate surface area is 214 Å². The van der Waals surface area contributed by atoms with Crippen molar-refractivity contribution < 1.29 is 14.4 Å². The SMILES string of the molecule is CCCC[C@H](NC(=O)[C@@H](N)Cc1c[nH]c2ccccc12)C(=O)N[C@H]([C]=O)Cc1cccc(Cl)c1Cl. The Morgan fingerprint density at radius 1 is 1.03 bits per heavy atom. The van der Waals surface area contributed by atoms with Crippen LogP contribution in [0, 0.1) is 0 Å². The fraction of sp³-hybridized carbons (Fsp3) is 0.346. The lowest BCUT2D eigenvalue weighted by atomic mass is 10.0. The van der Waals surface area contributed by atoms with Gasteiger partial charge >= 0.3 is 0 Å². The standard InChI is InChI=1S/C26H29Cl2N4O3/c1-2-3-10-23(26(35)31-18(15-33)12-16-7-6-9-20(27)24(16)28)32-25(34)21(29)13-17-14-30-22-11-5-4-8-19(17)22/h4-9,11,14,18,21,23,30H,2-3,10,12-13,29H2,1H3,(H,31,35)(H,32,34)/t18-,21-,23-/m0/s1. The molecule has 0 aliphatic carbocycles. The molecule has 9 heteroatoms. The van der Waals surface area contributed by atoms with E-state index in [4.69, 9.17) is 28.9 Å². The number of carbonyl (C=O) groups is 2. The van der Waals surface area contributed by atoms with E-state index in [1.165, 1.54) is 0 Å². The molecule has 0 saturated heterocycles. The number of H-pyrrole nitrogens is 1. The van der Waals surface area contributed by atoms with Gasteiger partial charge in [-0.25, -0.2) is 0 Å². The van der Waals surface area contributed by atoms with Crippen molar-refractivity contribution in [3.8, 4) is 0 Å². The van der Waals surface area contributed by atoms with E-state index < -0.39 is 29.9 Å². The van der Waals surface area contributed by atoms with Gasteiger partial charge < -0.3 is 21.4 Å². The Kier molecular flexibility index (Phi) is 9.72. The molecule has 0 saturated carbocycles. The zero-order valence-corrected chi connectivity index (χ0v) is 21.0. The van der Waals surface area contributed by atoms with Crippen LogP contribution in [0.4, 0.5) is 0 Å². The Morgan fingerprint density at radius 2 is 1.80 bits per heavy atom. The number of aromatic amines is 1. The quantitative estimate of drug-likeness (QED) is 0.293. The third kappa shape index (κ3) is 7.07. The van der Waals surface area contributed by atoms with E-state index in [1.54, 1.807) is 18.2 Å². The lowest BCUT2D eigenvalue weighted by Crippen LogP contribution is -2.54. The smallest absolute Gasteiger partial charge is 0.243 e. The second-order valence-corrected chi connectivity index (χ2v) is 9.25. The molecule has 0 aliphatic heterocycles. The van der Waals surface area contributed by atoms with E-state index in [-0.39, 0.29) is 6.42 Å². The van der Waals surface area contributed by atoms with Crippen molar-refractivity contribution in [2.45, 2.75) is 57.2 Å². The minimum Gasteiger partial charge on any atom is -0.361 e. The molecule has 2 aromatic carbocycles. The first kappa shape index (κ1) is 26.7. The highest BCUT2D eigenvalue weighted by Crippen LogP contribution is 2.26. The van der Waals surface area contributed by atoms with Crippen molar-refractivity contribution in [3.05, 3.63) is 69.8 Å². The second kappa shape index (κ2) is 12.7. The molecule has 1 aromatic heterocycles. The van der Waals surface area contributed by atoms with Crippen LogP contribution in [0.15, 0.2) is 48.7 Å². The van der Waals surface area contributed by atoms with Crippen molar-refractivity contribution in [1.82, 2.24) is 15.6 Å². The summed E-state index contributed by atoms with van der Waals surface area (Å²) in [5.74, 6) is -0.909. The Hall–Kier alpha value is -2.87. The second-order valence-electron chi connectivity index (χ2n) is 8.47.